The number of Topliss-reactive ketones (excluding diaryl/α,β-unsaturated/α-hetero) is 1. The van der Waals surface area contributed by atoms with Crippen molar-refractivity contribution in [3.8, 4) is 5.75 Å². The van der Waals surface area contributed by atoms with Crippen LogP contribution in [0.2, 0.25) is 0 Å². The van der Waals surface area contributed by atoms with Gasteiger partial charge in [0.15, 0.2) is 5.78 Å². The van der Waals surface area contributed by atoms with Gasteiger partial charge in [0.05, 0.1) is 0 Å². The van der Waals surface area contributed by atoms with E-state index >= 15 is 0 Å². The van der Waals surface area contributed by atoms with E-state index in [1.807, 2.05) is 18.2 Å². The number of carbonyl (C=O) groups excluding carboxylic acids is 1. The molecule has 2 aliphatic rings. The molecule has 1 aromatic rings. The summed E-state index contributed by atoms with van der Waals surface area (Å²) in [5.41, 5.74) is 1.92. The number of ether oxygens (including phenoxy) is 1. The summed E-state index contributed by atoms with van der Waals surface area (Å²) >= 11 is 0. The Kier molecular flexibility index (Phi) is 2.69. The van der Waals surface area contributed by atoms with Crippen LogP contribution in [0.25, 0.3) is 0 Å². The van der Waals surface area contributed by atoms with Crippen molar-refractivity contribution in [3.05, 3.63) is 29.3 Å². The summed E-state index contributed by atoms with van der Waals surface area (Å²) in [6, 6.07) is 5.91. The van der Waals surface area contributed by atoms with E-state index in [2.05, 4.69) is 13.8 Å². The van der Waals surface area contributed by atoms with Crippen LogP contribution in [0.3, 0.4) is 0 Å². The van der Waals surface area contributed by atoms with Crippen LogP contribution in [0.4, 0.5) is 0 Å². The summed E-state index contributed by atoms with van der Waals surface area (Å²) < 4.78 is 5.83. The van der Waals surface area contributed by atoms with Crippen LogP contribution in [0.1, 0.15) is 55.5 Å². The topological polar surface area (TPSA) is 26.3 Å². The third-order valence-electron chi connectivity index (χ3n) is 4.08. The molecule has 1 aliphatic carbocycles. The van der Waals surface area contributed by atoms with E-state index in [4.69, 9.17) is 4.74 Å². The fourth-order valence-corrected chi connectivity index (χ4v) is 2.86. The Hall–Kier alpha value is -1.31. The number of ketones is 1. The lowest BCUT2D eigenvalue weighted by atomic mass is 9.81. The Morgan fingerprint density at radius 2 is 2.17 bits per heavy atom. The predicted molar refractivity (Wildman–Crippen MR) is 71.1 cm³/mol. The molecule has 0 aromatic heterocycles. The zero-order chi connectivity index (χ0) is 12.8. The van der Waals surface area contributed by atoms with Crippen molar-refractivity contribution in [1.29, 1.82) is 0 Å². The van der Waals surface area contributed by atoms with Crippen molar-refractivity contribution >= 4 is 5.78 Å². The van der Waals surface area contributed by atoms with Gasteiger partial charge < -0.3 is 4.74 Å². The first-order chi connectivity index (χ1) is 8.53. The van der Waals surface area contributed by atoms with Crippen LogP contribution in [0.5, 0.6) is 5.75 Å². The molecule has 0 radical (unpaired) electrons. The summed E-state index contributed by atoms with van der Waals surface area (Å²) in [5.74, 6) is 1.88. The highest BCUT2D eigenvalue weighted by Crippen LogP contribution is 2.36. The molecule has 1 fully saturated rings. The number of carbonyl (C=O) groups is 1. The monoisotopic (exact) mass is 244 g/mol. The van der Waals surface area contributed by atoms with Crippen molar-refractivity contribution in [3.63, 3.8) is 0 Å². The molecular weight excluding hydrogens is 224 g/mol. The van der Waals surface area contributed by atoms with Crippen molar-refractivity contribution in [2.24, 2.45) is 5.92 Å². The Bertz CT molecular complexity index is 484. The molecule has 2 nitrogen and oxygen atoms in total. The molecule has 18 heavy (non-hydrogen) atoms. The first-order valence-electron chi connectivity index (χ1n) is 6.89. The zero-order valence-electron chi connectivity index (χ0n) is 11.2. The van der Waals surface area contributed by atoms with E-state index in [-0.39, 0.29) is 5.60 Å². The second-order valence-corrected chi connectivity index (χ2v) is 6.29. The Labute approximate surface area is 108 Å². The third-order valence-corrected chi connectivity index (χ3v) is 4.08. The van der Waals surface area contributed by atoms with Gasteiger partial charge in [-0.1, -0.05) is 19.3 Å². The molecule has 3 rings (SSSR count). The lowest BCUT2D eigenvalue weighted by Crippen LogP contribution is -2.24. The SMILES string of the molecule is CC1(C)Cc2cc(C(=O)CC3CCC3)ccc2O1. The fourth-order valence-electron chi connectivity index (χ4n) is 2.86. The van der Waals surface area contributed by atoms with Gasteiger partial charge in [0, 0.05) is 18.4 Å². The predicted octanol–water partition coefficient (Wildman–Crippen LogP) is 3.77. The Morgan fingerprint density at radius 1 is 1.39 bits per heavy atom. The summed E-state index contributed by atoms with van der Waals surface area (Å²) in [4.78, 5) is 12.2. The molecule has 2 heteroatoms. The molecule has 0 N–H and O–H groups in total. The zero-order valence-corrected chi connectivity index (χ0v) is 11.2. The van der Waals surface area contributed by atoms with Crippen molar-refractivity contribution in [1.82, 2.24) is 0 Å². The molecule has 0 spiro atoms. The molecule has 0 saturated heterocycles. The van der Waals surface area contributed by atoms with Crippen LogP contribution >= 0.6 is 0 Å². The van der Waals surface area contributed by atoms with E-state index in [0.29, 0.717) is 11.7 Å². The first kappa shape index (κ1) is 11.8. The van der Waals surface area contributed by atoms with Gasteiger partial charge >= 0.3 is 0 Å². The number of hydrogen-bond acceptors (Lipinski definition) is 2. The minimum atomic E-state index is -0.127. The minimum absolute atomic E-state index is 0.127. The van der Waals surface area contributed by atoms with Crippen LogP contribution in [0, 0.1) is 5.92 Å². The highest BCUT2D eigenvalue weighted by atomic mass is 16.5. The van der Waals surface area contributed by atoms with Gasteiger partial charge in [-0.05, 0) is 43.5 Å². The first-order valence-corrected chi connectivity index (χ1v) is 6.89. The third kappa shape index (κ3) is 2.16. The number of hydrogen-bond donors (Lipinski definition) is 0. The van der Waals surface area contributed by atoms with Crippen LogP contribution in [-0.2, 0) is 6.42 Å². The quantitative estimate of drug-likeness (QED) is 0.756. The molecular formula is C16H20O2. The second-order valence-electron chi connectivity index (χ2n) is 6.29. The standard InChI is InChI=1S/C16H20O2/c1-16(2)10-13-9-12(6-7-15(13)18-16)14(17)8-11-4-3-5-11/h6-7,9,11H,3-5,8,10H2,1-2H3. The maximum Gasteiger partial charge on any atom is 0.163 e. The average Bonchev–Trinajstić information content (AvgIpc) is 2.55. The highest BCUT2D eigenvalue weighted by molar-refractivity contribution is 5.96. The molecule has 1 heterocycles. The molecule has 0 bridgehead atoms. The van der Waals surface area contributed by atoms with Crippen molar-refractivity contribution < 1.29 is 9.53 Å². The van der Waals surface area contributed by atoms with Crippen LogP contribution < -0.4 is 4.74 Å². The lowest BCUT2D eigenvalue weighted by Gasteiger charge is -2.24. The van der Waals surface area contributed by atoms with Gasteiger partial charge in [-0.3, -0.25) is 4.79 Å². The maximum absolute atomic E-state index is 12.2. The molecule has 0 unspecified atom stereocenters. The fraction of sp³-hybridized carbons (Fsp3) is 0.562. The van der Waals surface area contributed by atoms with Gasteiger partial charge in [0.2, 0.25) is 0 Å². The largest absolute Gasteiger partial charge is 0.487 e. The Balaban J connectivity index is 1.76. The molecule has 1 aliphatic heterocycles. The van der Waals surface area contributed by atoms with Crippen molar-refractivity contribution in [2.75, 3.05) is 0 Å². The maximum atomic E-state index is 12.2. The summed E-state index contributed by atoms with van der Waals surface area (Å²) in [6.45, 7) is 4.17. The number of fused-ring (bicyclic) bond motifs is 1. The average molecular weight is 244 g/mol. The lowest BCUT2D eigenvalue weighted by molar-refractivity contribution is 0.0936. The minimum Gasteiger partial charge on any atom is -0.487 e. The van der Waals surface area contributed by atoms with Crippen LogP contribution in [0.15, 0.2) is 18.2 Å². The van der Waals surface area contributed by atoms with E-state index < -0.39 is 0 Å². The van der Waals surface area contributed by atoms with Gasteiger partial charge in [0.25, 0.3) is 0 Å². The van der Waals surface area contributed by atoms with E-state index in [0.717, 1.165) is 24.2 Å². The number of benzene rings is 1. The van der Waals surface area contributed by atoms with Gasteiger partial charge in [-0.25, -0.2) is 0 Å². The van der Waals surface area contributed by atoms with E-state index in [9.17, 15) is 4.79 Å². The summed E-state index contributed by atoms with van der Waals surface area (Å²) in [7, 11) is 0. The van der Waals surface area contributed by atoms with Crippen LogP contribution in [-0.4, -0.2) is 11.4 Å². The summed E-state index contributed by atoms with van der Waals surface area (Å²) in [5, 5.41) is 0. The van der Waals surface area contributed by atoms with Gasteiger partial charge in [-0.2, -0.15) is 0 Å². The Morgan fingerprint density at radius 3 is 2.83 bits per heavy atom. The normalized spacial score (nSPS) is 21.0. The van der Waals surface area contributed by atoms with Gasteiger partial charge in [0.1, 0.15) is 11.4 Å². The second kappa shape index (κ2) is 4.11. The number of rotatable bonds is 3. The smallest absolute Gasteiger partial charge is 0.163 e. The van der Waals surface area contributed by atoms with E-state index in [1.54, 1.807) is 0 Å². The molecule has 0 amide bonds. The highest BCUT2D eigenvalue weighted by Gasteiger charge is 2.30. The molecule has 0 atom stereocenters. The molecule has 96 valence electrons. The summed E-state index contributed by atoms with van der Waals surface area (Å²) in [6.07, 6.45) is 5.37. The van der Waals surface area contributed by atoms with E-state index in [1.165, 1.54) is 24.8 Å². The molecule has 1 saturated carbocycles. The van der Waals surface area contributed by atoms with Gasteiger partial charge in [-0.15, -0.1) is 0 Å². The van der Waals surface area contributed by atoms with Crippen molar-refractivity contribution in [2.45, 2.75) is 51.6 Å². The molecule has 1 aromatic carbocycles.